The summed E-state index contributed by atoms with van der Waals surface area (Å²) in [6.07, 6.45) is 0. The van der Waals surface area contributed by atoms with Gasteiger partial charge in [-0.1, -0.05) is 41.6 Å². The van der Waals surface area contributed by atoms with Crippen molar-refractivity contribution in [2.75, 3.05) is 5.75 Å². The van der Waals surface area contributed by atoms with Crippen molar-refractivity contribution in [1.29, 1.82) is 5.26 Å². The van der Waals surface area contributed by atoms with Crippen molar-refractivity contribution in [1.82, 2.24) is 10.2 Å². The molecule has 17 heavy (non-hydrogen) atoms. The minimum absolute atomic E-state index is 0.401. The van der Waals surface area contributed by atoms with Gasteiger partial charge in [-0.25, -0.2) is 0 Å². The predicted octanol–water partition coefficient (Wildman–Crippen LogP) is 3.07. The summed E-state index contributed by atoms with van der Waals surface area (Å²) in [5.41, 5.74) is 3.13. The van der Waals surface area contributed by atoms with E-state index in [0.29, 0.717) is 5.75 Å². The molecular weight excluding hydrogens is 230 g/mol. The third-order valence-corrected chi connectivity index (χ3v) is 3.06. The van der Waals surface area contributed by atoms with Crippen LogP contribution in [0.4, 0.5) is 0 Å². The fourth-order valence-electron chi connectivity index (χ4n) is 1.38. The largest absolute Gasteiger partial charge is 0.197 e. The van der Waals surface area contributed by atoms with Crippen LogP contribution in [0.15, 0.2) is 41.4 Å². The van der Waals surface area contributed by atoms with Crippen LogP contribution in [0.25, 0.3) is 11.3 Å². The highest BCUT2D eigenvalue weighted by molar-refractivity contribution is 7.99. The highest BCUT2D eigenvalue weighted by atomic mass is 32.2. The minimum atomic E-state index is 0.401. The van der Waals surface area contributed by atoms with E-state index in [1.807, 2.05) is 24.3 Å². The van der Waals surface area contributed by atoms with Gasteiger partial charge in [-0.15, -0.1) is 10.2 Å². The van der Waals surface area contributed by atoms with Gasteiger partial charge < -0.3 is 0 Å². The molecule has 0 atom stereocenters. The lowest BCUT2D eigenvalue weighted by molar-refractivity contribution is 0.937. The summed E-state index contributed by atoms with van der Waals surface area (Å²) in [6.45, 7) is 2.05. The Balaban J connectivity index is 2.18. The van der Waals surface area contributed by atoms with Crippen LogP contribution in [0.2, 0.25) is 0 Å². The molecule has 0 saturated heterocycles. The molecule has 2 aromatic rings. The zero-order valence-electron chi connectivity index (χ0n) is 9.42. The van der Waals surface area contributed by atoms with Crippen molar-refractivity contribution in [3.05, 3.63) is 42.0 Å². The van der Waals surface area contributed by atoms with E-state index in [1.165, 1.54) is 17.3 Å². The molecule has 4 heteroatoms. The number of hydrogen-bond donors (Lipinski definition) is 0. The van der Waals surface area contributed by atoms with Crippen LogP contribution in [0, 0.1) is 18.3 Å². The summed E-state index contributed by atoms with van der Waals surface area (Å²) >= 11 is 1.39. The fourth-order valence-corrected chi connectivity index (χ4v) is 1.86. The molecule has 0 unspecified atom stereocenters. The van der Waals surface area contributed by atoms with Crippen LogP contribution in [-0.2, 0) is 0 Å². The molecule has 3 nitrogen and oxygen atoms in total. The number of thioether (sulfide) groups is 1. The Morgan fingerprint density at radius 3 is 2.47 bits per heavy atom. The van der Waals surface area contributed by atoms with E-state index in [9.17, 15) is 0 Å². The summed E-state index contributed by atoms with van der Waals surface area (Å²) in [6, 6.07) is 14.0. The minimum Gasteiger partial charge on any atom is -0.197 e. The summed E-state index contributed by atoms with van der Waals surface area (Å²) in [4.78, 5) is 0. The molecule has 1 aromatic heterocycles. The standard InChI is InChI=1S/C13H11N3S/c1-10-2-4-11(5-3-10)12-6-7-13(16-15-12)17-9-8-14/h2-7H,9H2,1H3. The second-order valence-electron chi connectivity index (χ2n) is 3.57. The van der Waals surface area contributed by atoms with E-state index in [1.54, 1.807) is 0 Å². The Kier molecular flexibility index (Phi) is 3.73. The molecule has 1 aromatic carbocycles. The van der Waals surface area contributed by atoms with Gasteiger partial charge in [0.05, 0.1) is 17.5 Å². The molecule has 0 fully saturated rings. The van der Waals surface area contributed by atoms with Crippen molar-refractivity contribution >= 4 is 11.8 Å². The maximum Gasteiger partial charge on any atom is 0.120 e. The first-order valence-electron chi connectivity index (χ1n) is 5.20. The maximum absolute atomic E-state index is 8.47. The Hall–Kier alpha value is -1.86. The molecule has 0 spiro atoms. The van der Waals surface area contributed by atoms with Crippen LogP contribution in [0.1, 0.15) is 5.56 Å². The van der Waals surface area contributed by atoms with Crippen LogP contribution >= 0.6 is 11.8 Å². The molecule has 1 heterocycles. The number of nitrogens with zero attached hydrogens (tertiary/aromatic N) is 3. The first-order chi connectivity index (χ1) is 8.29. The third kappa shape index (κ3) is 3.05. The molecule has 84 valence electrons. The lowest BCUT2D eigenvalue weighted by Gasteiger charge is -2.01. The molecule has 0 aliphatic rings. The Morgan fingerprint density at radius 2 is 1.88 bits per heavy atom. The van der Waals surface area contributed by atoms with E-state index in [0.717, 1.165) is 16.3 Å². The van der Waals surface area contributed by atoms with Gasteiger partial charge in [0.15, 0.2) is 0 Å². The average Bonchev–Trinajstić information content (AvgIpc) is 2.38. The Bertz CT molecular complexity index is 526. The van der Waals surface area contributed by atoms with Gasteiger partial charge in [0, 0.05) is 5.56 Å². The SMILES string of the molecule is Cc1ccc(-c2ccc(SCC#N)nn2)cc1. The molecule has 0 aliphatic heterocycles. The summed E-state index contributed by atoms with van der Waals surface area (Å²) in [5, 5.41) is 17.5. The zero-order chi connectivity index (χ0) is 12.1. The lowest BCUT2D eigenvalue weighted by Crippen LogP contribution is -1.89. The number of nitriles is 1. The Labute approximate surface area is 105 Å². The van der Waals surface area contributed by atoms with Crippen LogP contribution in [0.3, 0.4) is 0 Å². The van der Waals surface area contributed by atoms with Gasteiger partial charge >= 0.3 is 0 Å². The first-order valence-corrected chi connectivity index (χ1v) is 6.18. The number of aryl methyl sites for hydroxylation is 1. The van der Waals surface area contributed by atoms with Gasteiger partial charge in [-0.2, -0.15) is 5.26 Å². The Morgan fingerprint density at radius 1 is 1.12 bits per heavy atom. The molecule has 0 saturated carbocycles. The number of hydrogen-bond acceptors (Lipinski definition) is 4. The normalized spacial score (nSPS) is 9.88. The lowest BCUT2D eigenvalue weighted by atomic mass is 10.1. The van der Waals surface area contributed by atoms with E-state index >= 15 is 0 Å². The van der Waals surface area contributed by atoms with E-state index < -0.39 is 0 Å². The van der Waals surface area contributed by atoms with Gasteiger partial charge in [-0.3, -0.25) is 0 Å². The second-order valence-corrected chi connectivity index (χ2v) is 4.57. The highest BCUT2D eigenvalue weighted by Gasteiger charge is 2.01. The summed E-state index contributed by atoms with van der Waals surface area (Å²) in [5.74, 6) is 0.401. The molecule has 0 aliphatic carbocycles. The van der Waals surface area contributed by atoms with Crippen LogP contribution in [-0.4, -0.2) is 16.0 Å². The van der Waals surface area contributed by atoms with Gasteiger partial charge in [0.2, 0.25) is 0 Å². The van der Waals surface area contributed by atoms with E-state index in [-0.39, 0.29) is 0 Å². The van der Waals surface area contributed by atoms with E-state index in [4.69, 9.17) is 5.26 Å². The first kappa shape index (κ1) is 11.6. The van der Waals surface area contributed by atoms with Crippen molar-refractivity contribution in [3.63, 3.8) is 0 Å². The molecule has 0 N–H and O–H groups in total. The van der Waals surface area contributed by atoms with Crippen molar-refractivity contribution < 1.29 is 0 Å². The molecule has 2 rings (SSSR count). The summed E-state index contributed by atoms with van der Waals surface area (Å²) in [7, 11) is 0. The van der Waals surface area contributed by atoms with E-state index in [2.05, 4.69) is 35.3 Å². The molecular formula is C13H11N3S. The van der Waals surface area contributed by atoms with Crippen molar-refractivity contribution in [3.8, 4) is 17.3 Å². The van der Waals surface area contributed by atoms with Gasteiger partial charge in [0.25, 0.3) is 0 Å². The topological polar surface area (TPSA) is 49.6 Å². The van der Waals surface area contributed by atoms with Crippen LogP contribution in [0.5, 0.6) is 0 Å². The zero-order valence-corrected chi connectivity index (χ0v) is 10.2. The molecule has 0 bridgehead atoms. The third-order valence-electron chi connectivity index (χ3n) is 2.27. The number of benzene rings is 1. The van der Waals surface area contributed by atoms with Crippen molar-refractivity contribution in [2.45, 2.75) is 11.9 Å². The van der Waals surface area contributed by atoms with Crippen LogP contribution < -0.4 is 0 Å². The predicted molar refractivity (Wildman–Crippen MR) is 68.5 cm³/mol. The average molecular weight is 241 g/mol. The summed E-state index contributed by atoms with van der Waals surface area (Å²) < 4.78 is 0. The highest BCUT2D eigenvalue weighted by Crippen LogP contribution is 2.19. The number of rotatable bonds is 3. The van der Waals surface area contributed by atoms with Gasteiger partial charge in [0.1, 0.15) is 5.03 Å². The number of aromatic nitrogens is 2. The monoisotopic (exact) mass is 241 g/mol. The quantitative estimate of drug-likeness (QED) is 0.775. The maximum atomic E-state index is 8.47. The van der Waals surface area contributed by atoms with Gasteiger partial charge in [-0.05, 0) is 19.1 Å². The fraction of sp³-hybridized carbons (Fsp3) is 0.154. The smallest absolute Gasteiger partial charge is 0.120 e. The molecule has 0 amide bonds. The molecule has 0 radical (unpaired) electrons. The second kappa shape index (κ2) is 5.46. The van der Waals surface area contributed by atoms with Crippen molar-refractivity contribution in [2.24, 2.45) is 0 Å².